The van der Waals surface area contributed by atoms with Crippen molar-refractivity contribution >= 4 is 0 Å². The molecule has 0 aromatic carbocycles. The largest absolute Gasteiger partial charge is 0.396 e. The zero-order chi connectivity index (χ0) is 7.82. The van der Waals surface area contributed by atoms with E-state index in [2.05, 4.69) is 5.32 Å². The van der Waals surface area contributed by atoms with Crippen molar-refractivity contribution in [1.82, 2.24) is 5.32 Å². The molecule has 0 aliphatic rings. The summed E-state index contributed by atoms with van der Waals surface area (Å²) in [5.41, 5.74) is 0. The fraction of sp³-hybridized carbons (Fsp3) is 1.00. The number of hydrogen-bond donors (Lipinski definition) is 2. The van der Waals surface area contributed by atoms with Crippen LogP contribution in [0.5, 0.6) is 0 Å². The Labute approximate surface area is 62.4 Å². The van der Waals surface area contributed by atoms with E-state index < -0.39 is 0 Å². The summed E-state index contributed by atoms with van der Waals surface area (Å²) in [6.45, 7) is 3.76. The second kappa shape index (κ2) is 6.99. The van der Waals surface area contributed by atoms with Crippen molar-refractivity contribution in [1.29, 1.82) is 0 Å². The summed E-state index contributed by atoms with van der Waals surface area (Å²) in [7, 11) is 1.89. The first-order valence-electron chi connectivity index (χ1n) is 3.68. The van der Waals surface area contributed by atoms with Crippen LogP contribution >= 0.6 is 0 Å². The Balaban J connectivity index is 2.97. The first-order valence-corrected chi connectivity index (χ1v) is 3.68. The molecule has 0 aromatic heterocycles. The number of likely N-dealkylation sites (N-methyl/N-ethyl adjacent to an activating group) is 1. The van der Waals surface area contributed by atoms with E-state index in [0.717, 1.165) is 19.6 Å². The second-order valence-electron chi connectivity index (χ2n) is 2.30. The minimum Gasteiger partial charge on any atom is -0.396 e. The molecule has 62 valence electrons. The molecule has 0 heterocycles. The summed E-state index contributed by atoms with van der Waals surface area (Å²) in [6, 6.07) is 0. The van der Waals surface area contributed by atoms with E-state index in [1.807, 2.05) is 14.0 Å². The van der Waals surface area contributed by atoms with Crippen molar-refractivity contribution in [2.24, 2.45) is 0 Å². The van der Waals surface area contributed by atoms with Crippen LogP contribution in [0.1, 0.15) is 13.3 Å². The molecule has 0 spiro atoms. The standard InChI is InChI=1S/C7H17NO2/c1-7(3-5-9)10-6-4-8-2/h7-9H,3-6H2,1-2H3. The third-order valence-electron chi connectivity index (χ3n) is 1.29. The van der Waals surface area contributed by atoms with Gasteiger partial charge in [0, 0.05) is 13.2 Å². The van der Waals surface area contributed by atoms with E-state index in [9.17, 15) is 0 Å². The molecule has 10 heavy (non-hydrogen) atoms. The number of hydrogen-bond acceptors (Lipinski definition) is 3. The van der Waals surface area contributed by atoms with E-state index in [1.165, 1.54) is 0 Å². The van der Waals surface area contributed by atoms with Gasteiger partial charge in [-0.1, -0.05) is 0 Å². The molecule has 1 unspecified atom stereocenters. The maximum absolute atomic E-state index is 8.50. The average Bonchev–Trinajstić information content (AvgIpc) is 1.89. The predicted octanol–water partition coefficient (Wildman–Crippen LogP) is -0.00670. The van der Waals surface area contributed by atoms with Gasteiger partial charge in [0.1, 0.15) is 0 Å². The van der Waals surface area contributed by atoms with Crippen LogP contribution in [-0.4, -0.2) is 38.0 Å². The van der Waals surface area contributed by atoms with Gasteiger partial charge in [-0.05, 0) is 20.4 Å². The average molecular weight is 147 g/mol. The van der Waals surface area contributed by atoms with E-state index >= 15 is 0 Å². The van der Waals surface area contributed by atoms with Gasteiger partial charge >= 0.3 is 0 Å². The minimum atomic E-state index is 0.179. The molecule has 0 bridgehead atoms. The number of aliphatic hydroxyl groups excluding tert-OH is 1. The molecule has 0 saturated carbocycles. The van der Waals surface area contributed by atoms with Crippen LogP contribution in [0, 0.1) is 0 Å². The van der Waals surface area contributed by atoms with Crippen molar-refractivity contribution in [3.8, 4) is 0 Å². The quantitative estimate of drug-likeness (QED) is 0.519. The van der Waals surface area contributed by atoms with E-state index in [0.29, 0.717) is 0 Å². The van der Waals surface area contributed by atoms with Crippen molar-refractivity contribution in [2.45, 2.75) is 19.4 Å². The van der Waals surface area contributed by atoms with Crippen molar-refractivity contribution in [3.63, 3.8) is 0 Å². The van der Waals surface area contributed by atoms with Crippen LogP contribution in [0.25, 0.3) is 0 Å². The Morgan fingerprint density at radius 1 is 1.60 bits per heavy atom. The Kier molecular flexibility index (Phi) is 6.91. The Morgan fingerprint density at radius 3 is 2.80 bits per heavy atom. The summed E-state index contributed by atoms with van der Waals surface area (Å²) < 4.78 is 5.30. The molecule has 0 rings (SSSR count). The Morgan fingerprint density at radius 2 is 2.30 bits per heavy atom. The topological polar surface area (TPSA) is 41.5 Å². The first kappa shape index (κ1) is 9.88. The third-order valence-corrected chi connectivity index (χ3v) is 1.29. The number of aliphatic hydroxyl groups is 1. The molecule has 0 saturated heterocycles. The normalized spacial score (nSPS) is 13.5. The summed E-state index contributed by atoms with van der Waals surface area (Å²) in [4.78, 5) is 0. The zero-order valence-corrected chi connectivity index (χ0v) is 6.76. The fourth-order valence-electron chi connectivity index (χ4n) is 0.627. The van der Waals surface area contributed by atoms with Gasteiger partial charge in [0.2, 0.25) is 0 Å². The van der Waals surface area contributed by atoms with Gasteiger partial charge in [0.15, 0.2) is 0 Å². The smallest absolute Gasteiger partial charge is 0.0594 e. The maximum Gasteiger partial charge on any atom is 0.0594 e. The van der Waals surface area contributed by atoms with Crippen LogP contribution in [0.15, 0.2) is 0 Å². The van der Waals surface area contributed by atoms with Crippen molar-refractivity contribution in [2.75, 3.05) is 26.8 Å². The highest BCUT2D eigenvalue weighted by molar-refractivity contribution is 4.48. The molecule has 1 atom stereocenters. The van der Waals surface area contributed by atoms with Gasteiger partial charge in [0.05, 0.1) is 12.7 Å². The molecule has 0 aliphatic carbocycles. The van der Waals surface area contributed by atoms with E-state index in [1.54, 1.807) is 0 Å². The zero-order valence-electron chi connectivity index (χ0n) is 6.76. The molecule has 0 aromatic rings. The van der Waals surface area contributed by atoms with Gasteiger partial charge in [-0.25, -0.2) is 0 Å². The lowest BCUT2D eigenvalue weighted by Gasteiger charge is -2.10. The second-order valence-corrected chi connectivity index (χ2v) is 2.30. The molecule has 0 fully saturated rings. The van der Waals surface area contributed by atoms with Crippen LogP contribution < -0.4 is 5.32 Å². The molecule has 3 nitrogen and oxygen atoms in total. The lowest BCUT2D eigenvalue weighted by atomic mass is 10.3. The molecular weight excluding hydrogens is 130 g/mol. The molecule has 0 aliphatic heterocycles. The van der Waals surface area contributed by atoms with Crippen LogP contribution in [-0.2, 0) is 4.74 Å². The fourth-order valence-corrected chi connectivity index (χ4v) is 0.627. The van der Waals surface area contributed by atoms with Gasteiger partial charge in [0.25, 0.3) is 0 Å². The Hall–Kier alpha value is -0.120. The van der Waals surface area contributed by atoms with Crippen LogP contribution in [0.3, 0.4) is 0 Å². The molecule has 3 heteroatoms. The van der Waals surface area contributed by atoms with Crippen LogP contribution in [0.2, 0.25) is 0 Å². The molecular formula is C7H17NO2. The summed E-state index contributed by atoms with van der Waals surface area (Å²) in [6.07, 6.45) is 0.905. The SMILES string of the molecule is CNCCOC(C)CCO. The maximum atomic E-state index is 8.50. The van der Waals surface area contributed by atoms with E-state index in [4.69, 9.17) is 9.84 Å². The van der Waals surface area contributed by atoms with Crippen molar-refractivity contribution in [3.05, 3.63) is 0 Å². The van der Waals surface area contributed by atoms with Gasteiger partial charge < -0.3 is 15.2 Å². The molecule has 2 N–H and O–H groups in total. The number of nitrogens with one attached hydrogen (secondary N) is 1. The predicted molar refractivity (Wildman–Crippen MR) is 41.0 cm³/mol. The van der Waals surface area contributed by atoms with Crippen molar-refractivity contribution < 1.29 is 9.84 Å². The van der Waals surface area contributed by atoms with E-state index in [-0.39, 0.29) is 12.7 Å². The third kappa shape index (κ3) is 6.01. The van der Waals surface area contributed by atoms with Gasteiger partial charge in [-0.2, -0.15) is 0 Å². The molecule has 0 radical (unpaired) electrons. The highest BCUT2D eigenvalue weighted by Gasteiger charge is 1.98. The summed E-state index contributed by atoms with van der Waals surface area (Å²) >= 11 is 0. The van der Waals surface area contributed by atoms with Crippen LogP contribution in [0.4, 0.5) is 0 Å². The molecule has 0 amide bonds. The first-order chi connectivity index (χ1) is 4.81. The summed E-state index contributed by atoms with van der Waals surface area (Å²) in [5.74, 6) is 0. The Bertz CT molecular complexity index is 68.6. The van der Waals surface area contributed by atoms with Gasteiger partial charge in [-0.3, -0.25) is 0 Å². The lowest BCUT2D eigenvalue weighted by Crippen LogP contribution is -2.19. The highest BCUT2D eigenvalue weighted by atomic mass is 16.5. The number of ether oxygens (including phenoxy) is 1. The lowest BCUT2D eigenvalue weighted by molar-refractivity contribution is 0.0506. The van der Waals surface area contributed by atoms with Gasteiger partial charge in [-0.15, -0.1) is 0 Å². The summed E-state index contributed by atoms with van der Waals surface area (Å²) in [5, 5.41) is 11.5. The highest BCUT2D eigenvalue weighted by Crippen LogP contribution is 1.94. The minimum absolute atomic E-state index is 0.179. The monoisotopic (exact) mass is 147 g/mol. The number of rotatable bonds is 6.